The van der Waals surface area contributed by atoms with Gasteiger partial charge in [0.2, 0.25) is 0 Å². The van der Waals surface area contributed by atoms with Gasteiger partial charge >= 0.3 is 6.09 Å². The van der Waals surface area contributed by atoms with Crippen LogP contribution in [-0.4, -0.2) is 53.5 Å². The molecule has 0 bridgehead atoms. The van der Waals surface area contributed by atoms with Crippen LogP contribution in [0.4, 0.5) is 4.79 Å². The molecule has 186 valence electrons. The van der Waals surface area contributed by atoms with Gasteiger partial charge in [-0.3, -0.25) is 9.36 Å². The van der Waals surface area contributed by atoms with Crippen LogP contribution < -0.4 is 10.3 Å². The first-order valence-corrected chi connectivity index (χ1v) is 12.5. The van der Waals surface area contributed by atoms with E-state index in [4.69, 9.17) is 14.5 Å². The normalized spacial score (nSPS) is 13.5. The van der Waals surface area contributed by atoms with Crippen LogP contribution in [0.25, 0.3) is 31.7 Å². The fraction of sp³-hybridized carbons (Fsp3) is 0.296. The lowest BCUT2D eigenvalue weighted by molar-refractivity contribution is 0.129. The van der Waals surface area contributed by atoms with E-state index in [-0.39, 0.29) is 24.5 Å². The number of carbonyl (C=O) groups excluding carboxylic acids is 1. The third-order valence-electron chi connectivity index (χ3n) is 6.24. The predicted octanol–water partition coefficient (Wildman–Crippen LogP) is 5.12. The average Bonchev–Trinajstić information content (AvgIpc) is 3.64. The Hall–Kier alpha value is -3.85. The quantitative estimate of drug-likeness (QED) is 0.350. The number of hydrogen-bond donors (Lipinski definition) is 1. The van der Waals surface area contributed by atoms with Crippen molar-refractivity contribution in [2.75, 3.05) is 27.8 Å². The van der Waals surface area contributed by atoms with Crippen LogP contribution in [-0.2, 0) is 11.3 Å². The number of aromatic hydroxyl groups is 1. The largest absolute Gasteiger partial charge is 0.506 e. The zero-order valence-corrected chi connectivity index (χ0v) is 21.2. The van der Waals surface area contributed by atoms with E-state index in [0.29, 0.717) is 32.0 Å². The average molecular weight is 506 g/mol. The number of thiophene rings is 1. The van der Waals surface area contributed by atoms with Crippen molar-refractivity contribution in [2.24, 2.45) is 0 Å². The molecule has 1 aliphatic rings. The highest BCUT2D eigenvalue weighted by Gasteiger charge is 2.29. The molecule has 0 unspecified atom stereocenters. The van der Waals surface area contributed by atoms with E-state index in [1.165, 1.54) is 16.2 Å². The smallest absolute Gasteiger partial charge is 0.409 e. The summed E-state index contributed by atoms with van der Waals surface area (Å²) in [5.74, 6) is 1.88. The number of carbonyl (C=O) groups is 1. The van der Waals surface area contributed by atoms with Crippen molar-refractivity contribution in [3.05, 3.63) is 64.5 Å². The van der Waals surface area contributed by atoms with Gasteiger partial charge in [0.15, 0.2) is 0 Å². The Kier molecular flexibility index (Phi) is 6.40. The Morgan fingerprint density at radius 3 is 2.78 bits per heavy atom. The SMILES string of the molecule is COc1ccc(-c2nc3sc4c(O)cccc4c3c(=O)n2C/C=C/COC(=O)N(C)C)c(C2CC2)c1. The van der Waals surface area contributed by atoms with Crippen molar-refractivity contribution in [1.82, 2.24) is 14.5 Å². The number of hydrogen-bond acceptors (Lipinski definition) is 7. The Bertz CT molecular complexity index is 1550. The van der Waals surface area contributed by atoms with Crippen LogP contribution in [0.1, 0.15) is 24.3 Å². The van der Waals surface area contributed by atoms with Gasteiger partial charge in [-0.1, -0.05) is 18.2 Å². The molecule has 1 saturated carbocycles. The number of methoxy groups -OCH3 is 1. The molecule has 1 fully saturated rings. The molecule has 8 nitrogen and oxygen atoms in total. The van der Waals surface area contributed by atoms with Gasteiger partial charge in [-0.25, -0.2) is 9.78 Å². The summed E-state index contributed by atoms with van der Waals surface area (Å²) in [4.78, 5) is 32.5. The van der Waals surface area contributed by atoms with E-state index in [1.54, 1.807) is 50.1 Å². The summed E-state index contributed by atoms with van der Waals surface area (Å²) < 4.78 is 12.9. The Morgan fingerprint density at radius 2 is 2.06 bits per heavy atom. The minimum absolute atomic E-state index is 0.0991. The minimum Gasteiger partial charge on any atom is -0.506 e. The summed E-state index contributed by atoms with van der Waals surface area (Å²) in [5, 5.41) is 11.6. The number of allylic oxidation sites excluding steroid dienone is 1. The highest BCUT2D eigenvalue weighted by atomic mass is 32.1. The van der Waals surface area contributed by atoms with Gasteiger partial charge in [-0.2, -0.15) is 0 Å². The standard InChI is InChI=1S/C27H27N3O5S/c1-29(2)27(33)35-14-5-4-13-30-24(18-12-11-17(34-3)15-20(18)16-9-10-16)28-25-22(26(30)32)19-7-6-8-21(31)23(19)36-25/h4-8,11-12,15-16,31H,9-10,13-14H2,1-3H3/b5-4+. The Balaban J connectivity index is 1.64. The summed E-state index contributed by atoms with van der Waals surface area (Å²) in [6, 6.07) is 11.1. The first-order valence-electron chi connectivity index (χ1n) is 11.7. The lowest BCUT2D eigenvalue weighted by Crippen LogP contribution is -2.23. The number of aromatic nitrogens is 2. The molecule has 2 aromatic carbocycles. The molecule has 9 heteroatoms. The second-order valence-electron chi connectivity index (χ2n) is 8.96. The number of nitrogens with zero attached hydrogens (tertiary/aromatic N) is 3. The van der Waals surface area contributed by atoms with Crippen LogP contribution in [0.2, 0.25) is 0 Å². The van der Waals surface area contributed by atoms with Gasteiger partial charge < -0.3 is 19.5 Å². The first kappa shape index (κ1) is 23.9. The van der Waals surface area contributed by atoms with Gasteiger partial charge in [0.25, 0.3) is 5.56 Å². The molecular formula is C27H27N3O5S. The van der Waals surface area contributed by atoms with Crippen molar-refractivity contribution in [3.63, 3.8) is 0 Å². The van der Waals surface area contributed by atoms with E-state index in [9.17, 15) is 14.7 Å². The molecule has 1 amide bonds. The number of fused-ring (bicyclic) bond motifs is 3. The molecule has 0 aliphatic heterocycles. The van der Waals surface area contributed by atoms with Gasteiger partial charge in [0.1, 0.15) is 28.8 Å². The van der Waals surface area contributed by atoms with Gasteiger partial charge in [-0.05, 0) is 54.7 Å². The lowest BCUT2D eigenvalue weighted by Gasteiger charge is -2.15. The molecule has 0 radical (unpaired) electrons. The number of phenolic OH excluding ortho intramolecular Hbond substituents is 1. The highest BCUT2D eigenvalue weighted by Crippen LogP contribution is 2.46. The number of amides is 1. The monoisotopic (exact) mass is 505 g/mol. The van der Waals surface area contributed by atoms with Gasteiger partial charge in [0.05, 0.1) is 17.2 Å². The van der Waals surface area contributed by atoms with Crippen LogP contribution >= 0.6 is 11.3 Å². The maximum Gasteiger partial charge on any atom is 0.409 e. The molecule has 0 atom stereocenters. The maximum absolute atomic E-state index is 13.9. The summed E-state index contributed by atoms with van der Waals surface area (Å²) >= 11 is 1.32. The fourth-order valence-corrected chi connectivity index (χ4v) is 5.32. The second kappa shape index (κ2) is 9.66. The lowest BCUT2D eigenvalue weighted by atomic mass is 10.0. The van der Waals surface area contributed by atoms with Crippen molar-refractivity contribution in [1.29, 1.82) is 0 Å². The minimum atomic E-state index is -0.433. The summed E-state index contributed by atoms with van der Waals surface area (Å²) in [6.45, 7) is 0.352. The zero-order chi connectivity index (χ0) is 25.4. The third kappa shape index (κ3) is 4.42. The molecule has 0 spiro atoms. The summed E-state index contributed by atoms with van der Waals surface area (Å²) in [6.07, 6.45) is 5.25. The molecule has 36 heavy (non-hydrogen) atoms. The third-order valence-corrected chi connectivity index (χ3v) is 7.36. The Morgan fingerprint density at radius 1 is 1.25 bits per heavy atom. The maximum atomic E-state index is 13.9. The second-order valence-corrected chi connectivity index (χ2v) is 9.96. The van der Waals surface area contributed by atoms with E-state index in [0.717, 1.165) is 29.7 Å². The number of benzene rings is 2. The topological polar surface area (TPSA) is 93.9 Å². The predicted molar refractivity (Wildman–Crippen MR) is 141 cm³/mol. The van der Waals surface area contributed by atoms with Gasteiger partial charge in [-0.15, -0.1) is 11.3 Å². The fourth-order valence-electron chi connectivity index (χ4n) is 4.24. The number of rotatable bonds is 7. The van der Waals surface area contributed by atoms with Crippen molar-refractivity contribution < 1.29 is 19.4 Å². The molecule has 0 saturated heterocycles. The molecule has 2 heterocycles. The molecular weight excluding hydrogens is 478 g/mol. The Labute approximate surface area is 212 Å². The van der Waals surface area contributed by atoms with E-state index >= 15 is 0 Å². The highest BCUT2D eigenvalue weighted by molar-refractivity contribution is 7.25. The van der Waals surface area contributed by atoms with Gasteiger partial charge in [0, 0.05) is 31.6 Å². The number of phenols is 1. The van der Waals surface area contributed by atoms with Crippen molar-refractivity contribution >= 4 is 37.7 Å². The zero-order valence-electron chi connectivity index (χ0n) is 20.4. The van der Waals surface area contributed by atoms with Crippen LogP contribution in [0.15, 0.2) is 53.3 Å². The van der Waals surface area contributed by atoms with E-state index in [2.05, 4.69) is 0 Å². The van der Waals surface area contributed by atoms with Crippen molar-refractivity contribution in [2.45, 2.75) is 25.3 Å². The molecule has 5 rings (SSSR count). The number of ether oxygens (including phenoxy) is 2. The van der Waals surface area contributed by atoms with Crippen LogP contribution in [0, 0.1) is 0 Å². The molecule has 1 aliphatic carbocycles. The summed E-state index contributed by atoms with van der Waals surface area (Å²) in [5.41, 5.74) is 1.83. The van der Waals surface area contributed by atoms with Crippen LogP contribution in [0.3, 0.4) is 0 Å². The van der Waals surface area contributed by atoms with E-state index < -0.39 is 6.09 Å². The summed E-state index contributed by atoms with van der Waals surface area (Å²) in [7, 11) is 4.88. The molecule has 4 aromatic rings. The van der Waals surface area contributed by atoms with E-state index in [1.807, 2.05) is 24.3 Å². The van der Waals surface area contributed by atoms with Crippen molar-refractivity contribution in [3.8, 4) is 22.9 Å². The first-order chi connectivity index (χ1) is 17.4. The van der Waals surface area contributed by atoms with Crippen LogP contribution in [0.5, 0.6) is 11.5 Å². The molecule has 2 aromatic heterocycles. The molecule has 1 N–H and O–H groups in total.